The van der Waals surface area contributed by atoms with Gasteiger partial charge < -0.3 is 9.64 Å². The summed E-state index contributed by atoms with van der Waals surface area (Å²) in [4.78, 5) is 21.3. The molecule has 0 amide bonds. The van der Waals surface area contributed by atoms with Crippen LogP contribution in [0.25, 0.3) is 10.9 Å². The number of hydrogen-bond donors (Lipinski definition) is 0. The van der Waals surface area contributed by atoms with Crippen LogP contribution in [0.3, 0.4) is 0 Å². The third-order valence-corrected chi connectivity index (χ3v) is 5.42. The van der Waals surface area contributed by atoms with Crippen molar-refractivity contribution < 1.29 is 13.5 Å². The second-order valence-corrected chi connectivity index (χ2v) is 7.31. The first-order valence-electron chi connectivity index (χ1n) is 9.42. The lowest BCUT2D eigenvalue weighted by molar-refractivity contribution is 0.125. The number of ether oxygens (including phenoxy) is 1. The standard InChI is InChI=1S/C19H24F2N4O2/c20-18(21)11-25-13-22-17-9-15(1-2-16(17)19(25)26)24-6-4-23(5-7-24)10-14-3-8-27-12-14/h1-2,9,13-14,18H,3-8,10-12H2. The molecule has 6 nitrogen and oxygen atoms in total. The summed E-state index contributed by atoms with van der Waals surface area (Å²) in [6.45, 7) is 6.06. The molecule has 1 aromatic heterocycles. The summed E-state index contributed by atoms with van der Waals surface area (Å²) in [5.74, 6) is 0.650. The van der Waals surface area contributed by atoms with E-state index < -0.39 is 18.5 Å². The van der Waals surface area contributed by atoms with E-state index in [9.17, 15) is 13.6 Å². The van der Waals surface area contributed by atoms with Gasteiger partial charge in [0.25, 0.3) is 12.0 Å². The fourth-order valence-corrected chi connectivity index (χ4v) is 3.90. The monoisotopic (exact) mass is 378 g/mol. The Labute approximate surface area is 156 Å². The van der Waals surface area contributed by atoms with Gasteiger partial charge in [-0.15, -0.1) is 0 Å². The molecule has 2 aliphatic heterocycles. The van der Waals surface area contributed by atoms with Gasteiger partial charge in [-0.1, -0.05) is 0 Å². The highest BCUT2D eigenvalue weighted by Gasteiger charge is 2.23. The molecule has 4 rings (SSSR count). The molecule has 0 aliphatic carbocycles. The van der Waals surface area contributed by atoms with Crippen LogP contribution < -0.4 is 10.5 Å². The van der Waals surface area contributed by atoms with E-state index in [4.69, 9.17) is 4.74 Å². The average Bonchev–Trinajstić information content (AvgIpc) is 3.17. The Hall–Kier alpha value is -2.06. The van der Waals surface area contributed by atoms with Crippen molar-refractivity contribution in [3.63, 3.8) is 0 Å². The molecule has 2 saturated heterocycles. The van der Waals surface area contributed by atoms with Crippen LogP contribution in [0.2, 0.25) is 0 Å². The molecule has 0 radical (unpaired) electrons. The molecule has 0 spiro atoms. The maximum atomic E-state index is 12.6. The molecule has 0 saturated carbocycles. The van der Waals surface area contributed by atoms with Crippen molar-refractivity contribution in [2.45, 2.75) is 19.4 Å². The molecular weight excluding hydrogens is 354 g/mol. The topological polar surface area (TPSA) is 50.6 Å². The van der Waals surface area contributed by atoms with Crippen LogP contribution in [0.4, 0.5) is 14.5 Å². The summed E-state index contributed by atoms with van der Waals surface area (Å²) in [6.07, 6.45) is -0.213. The lowest BCUT2D eigenvalue weighted by Gasteiger charge is -2.37. The van der Waals surface area contributed by atoms with E-state index in [0.717, 1.165) is 62.6 Å². The number of aromatic nitrogens is 2. The molecule has 2 fully saturated rings. The van der Waals surface area contributed by atoms with Gasteiger partial charge in [0.15, 0.2) is 0 Å². The molecule has 1 aromatic carbocycles. The number of alkyl halides is 2. The highest BCUT2D eigenvalue weighted by atomic mass is 19.3. The maximum absolute atomic E-state index is 12.6. The van der Waals surface area contributed by atoms with Crippen molar-refractivity contribution in [2.75, 3.05) is 50.8 Å². The zero-order chi connectivity index (χ0) is 18.8. The van der Waals surface area contributed by atoms with Gasteiger partial charge in [0.05, 0.1) is 30.4 Å². The SMILES string of the molecule is O=c1c2ccc(N3CCN(CC4CCOC4)CC3)cc2ncn1CC(F)F. The second kappa shape index (κ2) is 7.90. The van der Waals surface area contributed by atoms with Gasteiger partial charge in [-0.3, -0.25) is 14.3 Å². The van der Waals surface area contributed by atoms with E-state index in [2.05, 4.69) is 14.8 Å². The van der Waals surface area contributed by atoms with Gasteiger partial charge in [0.1, 0.15) is 0 Å². The minimum Gasteiger partial charge on any atom is -0.381 e. The number of fused-ring (bicyclic) bond motifs is 1. The van der Waals surface area contributed by atoms with Gasteiger partial charge in [-0.2, -0.15) is 0 Å². The summed E-state index contributed by atoms with van der Waals surface area (Å²) in [5.41, 5.74) is 1.15. The second-order valence-electron chi connectivity index (χ2n) is 7.31. The summed E-state index contributed by atoms with van der Waals surface area (Å²) in [7, 11) is 0. The number of hydrogen-bond acceptors (Lipinski definition) is 5. The number of halogens is 2. The number of benzene rings is 1. The van der Waals surface area contributed by atoms with Gasteiger partial charge in [0, 0.05) is 45.0 Å². The van der Waals surface area contributed by atoms with Crippen molar-refractivity contribution >= 4 is 16.6 Å². The quantitative estimate of drug-likeness (QED) is 0.795. The molecule has 0 N–H and O–H groups in total. The van der Waals surface area contributed by atoms with Gasteiger partial charge >= 0.3 is 0 Å². The minimum absolute atomic E-state index is 0.377. The maximum Gasteiger partial charge on any atom is 0.261 e. The van der Waals surface area contributed by atoms with Crippen LogP contribution >= 0.6 is 0 Å². The predicted molar refractivity (Wildman–Crippen MR) is 99.6 cm³/mol. The van der Waals surface area contributed by atoms with Gasteiger partial charge in [0.2, 0.25) is 0 Å². The van der Waals surface area contributed by atoms with Crippen LogP contribution in [-0.2, 0) is 11.3 Å². The van der Waals surface area contributed by atoms with Crippen LogP contribution in [0.15, 0.2) is 29.3 Å². The number of anilines is 1. The highest BCUT2D eigenvalue weighted by Crippen LogP contribution is 2.21. The fraction of sp³-hybridized carbons (Fsp3) is 0.579. The van der Waals surface area contributed by atoms with Crippen molar-refractivity contribution in [1.82, 2.24) is 14.5 Å². The smallest absolute Gasteiger partial charge is 0.261 e. The van der Waals surface area contributed by atoms with Crippen LogP contribution in [0.5, 0.6) is 0 Å². The Morgan fingerprint density at radius 3 is 2.74 bits per heavy atom. The van der Waals surface area contributed by atoms with Gasteiger partial charge in [-0.05, 0) is 30.5 Å². The number of piperazine rings is 1. The molecule has 0 bridgehead atoms. The zero-order valence-corrected chi connectivity index (χ0v) is 15.2. The molecule has 2 aromatic rings. The first-order chi connectivity index (χ1) is 13.1. The summed E-state index contributed by atoms with van der Waals surface area (Å²) < 4.78 is 31.6. The minimum atomic E-state index is -2.58. The van der Waals surface area contributed by atoms with E-state index in [-0.39, 0.29) is 0 Å². The molecule has 8 heteroatoms. The van der Waals surface area contributed by atoms with E-state index in [1.54, 1.807) is 6.07 Å². The molecule has 3 heterocycles. The largest absolute Gasteiger partial charge is 0.381 e. The Morgan fingerprint density at radius 1 is 1.22 bits per heavy atom. The number of nitrogens with zero attached hydrogens (tertiary/aromatic N) is 4. The Kier molecular flexibility index (Phi) is 5.36. The van der Waals surface area contributed by atoms with Crippen molar-refractivity contribution in [3.8, 4) is 0 Å². The third-order valence-electron chi connectivity index (χ3n) is 5.42. The normalized spacial score (nSPS) is 21.4. The lowest BCUT2D eigenvalue weighted by Crippen LogP contribution is -2.47. The summed E-state index contributed by atoms with van der Waals surface area (Å²) in [5, 5.41) is 0.377. The summed E-state index contributed by atoms with van der Waals surface area (Å²) in [6, 6.07) is 5.47. The van der Waals surface area contributed by atoms with E-state index in [0.29, 0.717) is 16.8 Å². The molecule has 1 unspecified atom stereocenters. The van der Waals surface area contributed by atoms with Gasteiger partial charge in [-0.25, -0.2) is 13.8 Å². The number of rotatable bonds is 5. The van der Waals surface area contributed by atoms with E-state index >= 15 is 0 Å². The highest BCUT2D eigenvalue weighted by molar-refractivity contribution is 5.81. The zero-order valence-electron chi connectivity index (χ0n) is 15.2. The fourth-order valence-electron chi connectivity index (χ4n) is 3.90. The van der Waals surface area contributed by atoms with E-state index in [1.807, 2.05) is 12.1 Å². The molecule has 146 valence electrons. The average molecular weight is 378 g/mol. The first kappa shape index (κ1) is 18.3. The van der Waals surface area contributed by atoms with Crippen molar-refractivity contribution in [3.05, 3.63) is 34.9 Å². The molecule has 2 aliphatic rings. The van der Waals surface area contributed by atoms with Crippen molar-refractivity contribution in [2.24, 2.45) is 5.92 Å². The summed E-state index contributed by atoms with van der Waals surface area (Å²) >= 11 is 0. The van der Waals surface area contributed by atoms with E-state index in [1.165, 1.54) is 6.33 Å². The van der Waals surface area contributed by atoms with Crippen LogP contribution in [0.1, 0.15) is 6.42 Å². The lowest BCUT2D eigenvalue weighted by atomic mass is 10.1. The third kappa shape index (κ3) is 4.11. The van der Waals surface area contributed by atoms with Crippen LogP contribution in [-0.4, -0.2) is 66.8 Å². The molecular formula is C19H24F2N4O2. The molecule has 27 heavy (non-hydrogen) atoms. The Morgan fingerprint density at radius 2 is 2.04 bits per heavy atom. The first-order valence-corrected chi connectivity index (χ1v) is 9.42. The predicted octanol–water partition coefficient (Wildman–Crippen LogP) is 1.82. The van der Waals surface area contributed by atoms with Crippen LogP contribution in [0, 0.1) is 5.92 Å². The van der Waals surface area contributed by atoms with Crippen molar-refractivity contribution in [1.29, 1.82) is 0 Å². The Bertz CT molecular complexity index is 843. The molecule has 1 atom stereocenters. The Balaban J connectivity index is 1.44.